The van der Waals surface area contributed by atoms with Crippen molar-refractivity contribution in [2.75, 3.05) is 18.8 Å². The fourth-order valence-corrected chi connectivity index (χ4v) is 4.66. The first-order valence-electron chi connectivity index (χ1n) is 8.65. The van der Waals surface area contributed by atoms with Crippen LogP contribution in [0.5, 0.6) is 0 Å². The number of primary amides is 1. The molecule has 2 aromatic rings. The van der Waals surface area contributed by atoms with Crippen LogP contribution in [-0.4, -0.2) is 35.8 Å². The Kier molecular flexibility index (Phi) is 4.34. The Morgan fingerprint density at radius 2 is 1.88 bits per heavy atom. The molecule has 1 saturated heterocycles. The van der Waals surface area contributed by atoms with Crippen molar-refractivity contribution in [2.24, 2.45) is 10.7 Å². The van der Waals surface area contributed by atoms with Gasteiger partial charge in [0.25, 0.3) is 5.91 Å². The Morgan fingerprint density at radius 3 is 2.54 bits per heavy atom. The number of thiophene rings is 1. The molecule has 2 aliphatic heterocycles. The van der Waals surface area contributed by atoms with Crippen LogP contribution in [0.15, 0.2) is 35.3 Å². The minimum atomic E-state index is -0.523. The molecule has 1 aromatic carbocycles. The van der Waals surface area contributed by atoms with Gasteiger partial charge >= 0.3 is 0 Å². The van der Waals surface area contributed by atoms with E-state index in [1.165, 1.54) is 11.3 Å². The lowest BCUT2D eigenvalue weighted by Crippen LogP contribution is -2.45. The predicted molar refractivity (Wildman–Crippen MR) is 101 cm³/mol. The van der Waals surface area contributed by atoms with E-state index in [0.717, 1.165) is 21.0 Å². The molecule has 4 rings (SSSR count). The molecule has 134 valence electrons. The van der Waals surface area contributed by atoms with Gasteiger partial charge in [-0.25, -0.2) is 0 Å². The second-order valence-corrected chi connectivity index (χ2v) is 7.62. The summed E-state index contributed by atoms with van der Waals surface area (Å²) in [7, 11) is 0. The molecule has 0 radical (unpaired) electrons. The normalized spacial score (nSPS) is 20.5. The van der Waals surface area contributed by atoms with E-state index in [4.69, 9.17) is 16.5 Å². The number of hydrogen-bond donors (Lipinski definition) is 2. The van der Waals surface area contributed by atoms with Crippen LogP contribution in [0.4, 0.5) is 5.69 Å². The average Bonchev–Trinajstić information content (AvgIpc) is 2.99. The van der Waals surface area contributed by atoms with E-state index in [2.05, 4.69) is 4.90 Å². The molecule has 0 saturated carbocycles. The molecule has 1 aromatic heterocycles. The van der Waals surface area contributed by atoms with Gasteiger partial charge in [-0.3, -0.25) is 19.5 Å². The minimum Gasteiger partial charge on any atom is -0.397 e. The third kappa shape index (κ3) is 2.93. The summed E-state index contributed by atoms with van der Waals surface area (Å²) in [6.07, 6.45) is 1.78. The third-order valence-electron chi connectivity index (χ3n) is 5.00. The van der Waals surface area contributed by atoms with Crippen molar-refractivity contribution in [2.45, 2.75) is 25.4 Å². The van der Waals surface area contributed by atoms with Crippen molar-refractivity contribution in [3.63, 3.8) is 0 Å². The summed E-state index contributed by atoms with van der Waals surface area (Å²) >= 11 is 1.26. The Morgan fingerprint density at radius 1 is 1.19 bits per heavy atom. The number of rotatable bonds is 3. The highest BCUT2D eigenvalue weighted by molar-refractivity contribution is 7.12. The monoisotopic (exact) mass is 368 g/mol. The Labute approximate surface area is 154 Å². The standard InChI is InChI=1S/C19H20N4O2S/c20-16-15-13(11-4-2-1-3-5-11)10-14(23-8-6-12(24)7-9-23)22-19(15)26-17(16)18(21)25/h1-5,14H,6-10,20H2,(H2,21,25)/t14-/m0/s1. The van der Waals surface area contributed by atoms with Gasteiger partial charge in [-0.05, 0) is 11.1 Å². The lowest BCUT2D eigenvalue weighted by molar-refractivity contribution is -0.121. The number of nitrogen functional groups attached to an aromatic ring is 1. The summed E-state index contributed by atoms with van der Waals surface area (Å²) in [6.45, 7) is 1.43. The number of nitrogens with zero attached hydrogens (tertiary/aromatic N) is 2. The van der Waals surface area contributed by atoms with Crippen molar-refractivity contribution in [3.05, 3.63) is 50.7 Å². The molecule has 4 N–H and O–H groups in total. The Hall–Kier alpha value is -2.51. The number of carbonyl (C=O) groups is 2. The predicted octanol–water partition coefficient (Wildman–Crippen LogP) is 0.642. The van der Waals surface area contributed by atoms with Gasteiger partial charge in [0.2, 0.25) is 0 Å². The van der Waals surface area contributed by atoms with Crippen LogP contribution >= 0.6 is 11.3 Å². The molecule has 6 nitrogen and oxygen atoms in total. The number of ketones is 1. The quantitative estimate of drug-likeness (QED) is 0.830. The number of benzene rings is 1. The maximum Gasteiger partial charge on any atom is 0.260 e. The summed E-state index contributed by atoms with van der Waals surface area (Å²) < 4.78 is 0.753. The van der Waals surface area contributed by atoms with Crippen molar-refractivity contribution >= 4 is 34.3 Å². The summed E-state index contributed by atoms with van der Waals surface area (Å²) in [4.78, 5) is 30.8. The molecule has 7 heteroatoms. The number of anilines is 1. The summed E-state index contributed by atoms with van der Waals surface area (Å²) in [6, 6.07) is 10.0. The second kappa shape index (κ2) is 6.66. The summed E-state index contributed by atoms with van der Waals surface area (Å²) in [5.74, 6) is -0.217. The van der Waals surface area contributed by atoms with Gasteiger partial charge < -0.3 is 11.5 Å². The number of piperidine rings is 1. The first-order valence-corrected chi connectivity index (χ1v) is 9.46. The fraction of sp³-hybridized carbons (Fsp3) is 0.316. The number of likely N-dealkylation sites (tertiary alicyclic amines) is 1. The van der Waals surface area contributed by atoms with E-state index in [1.54, 1.807) is 0 Å². The van der Waals surface area contributed by atoms with Crippen LogP contribution in [-0.2, 0) is 4.79 Å². The van der Waals surface area contributed by atoms with Gasteiger partial charge in [0.1, 0.15) is 21.5 Å². The van der Waals surface area contributed by atoms with Crippen LogP contribution in [0.3, 0.4) is 0 Å². The minimum absolute atomic E-state index is 0.0513. The van der Waals surface area contributed by atoms with Gasteiger partial charge in [0.15, 0.2) is 0 Å². The van der Waals surface area contributed by atoms with E-state index >= 15 is 0 Å². The zero-order valence-electron chi connectivity index (χ0n) is 14.3. The van der Waals surface area contributed by atoms with Crippen LogP contribution in [0, 0.1) is 0 Å². The molecular weight excluding hydrogens is 348 g/mol. The van der Waals surface area contributed by atoms with E-state index in [1.807, 2.05) is 30.3 Å². The Balaban J connectivity index is 1.86. The van der Waals surface area contributed by atoms with Gasteiger partial charge in [0, 0.05) is 37.6 Å². The average molecular weight is 368 g/mol. The smallest absolute Gasteiger partial charge is 0.260 e. The number of carbonyl (C=O) groups excluding carboxylic acids is 2. The van der Waals surface area contributed by atoms with Crippen LogP contribution in [0.25, 0.3) is 5.57 Å². The van der Waals surface area contributed by atoms with Gasteiger partial charge in [-0.2, -0.15) is 0 Å². The molecule has 0 bridgehead atoms. The first kappa shape index (κ1) is 16.9. The largest absolute Gasteiger partial charge is 0.397 e. The van der Waals surface area contributed by atoms with Gasteiger partial charge in [0.05, 0.1) is 5.69 Å². The molecule has 26 heavy (non-hydrogen) atoms. The molecule has 0 unspecified atom stereocenters. The number of hydrogen-bond acceptors (Lipinski definition) is 6. The molecule has 2 aliphatic rings. The highest BCUT2D eigenvalue weighted by atomic mass is 32.1. The topological polar surface area (TPSA) is 102 Å². The molecule has 1 amide bonds. The van der Waals surface area contributed by atoms with E-state index in [9.17, 15) is 9.59 Å². The number of fused-ring (bicyclic) bond motifs is 1. The van der Waals surface area contributed by atoms with Crippen molar-refractivity contribution in [1.82, 2.24) is 4.90 Å². The van der Waals surface area contributed by atoms with Crippen molar-refractivity contribution < 1.29 is 9.59 Å². The Bertz CT molecular complexity index is 987. The molecular formula is C19H20N4O2S. The highest BCUT2D eigenvalue weighted by Gasteiger charge is 2.28. The van der Waals surface area contributed by atoms with Crippen LogP contribution < -0.4 is 21.4 Å². The number of Topliss-reactive ketones (excluding diaryl/α,β-unsaturated/α-hetero) is 1. The lowest BCUT2D eigenvalue weighted by atomic mass is 9.96. The lowest BCUT2D eigenvalue weighted by Gasteiger charge is -2.33. The molecule has 0 spiro atoms. The maximum absolute atomic E-state index is 11.8. The van der Waals surface area contributed by atoms with E-state index in [0.29, 0.717) is 48.7 Å². The van der Waals surface area contributed by atoms with E-state index in [-0.39, 0.29) is 6.17 Å². The number of nitrogens with two attached hydrogens (primary N) is 2. The van der Waals surface area contributed by atoms with Crippen LogP contribution in [0.2, 0.25) is 0 Å². The molecule has 3 heterocycles. The van der Waals surface area contributed by atoms with Gasteiger partial charge in [-0.15, -0.1) is 11.3 Å². The van der Waals surface area contributed by atoms with Crippen molar-refractivity contribution in [3.8, 4) is 0 Å². The molecule has 1 atom stereocenters. The van der Waals surface area contributed by atoms with Crippen molar-refractivity contribution in [1.29, 1.82) is 0 Å². The summed E-state index contributed by atoms with van der Waals surface area (Å²) in [5.41, 5.74) is 14.3. The zero-order valence-corrected chi connectivity index (χ0v) is 15.1. The first-order chi connectivity index (χ1) is 12.5. The third-order valence-corrected chi connectivity index (χ3v) is 6.13. The maximum atomic E-state index is 11.8. The highest BCUT2D eigenvalue weighted by Crippen LogP contribution is 2.26. The van der Waals surface area contributed by atoms with E-state index < -0.39 is 5.91 Å². The molecule has 1 fully saturated rings. The van der Waals surface area contributed by atoms with Crippen LogP contribution in [0.1, 0.15) is 34.5 Å². The second-order valence-electron chi connectivity index (χ2n) is 6.62. The summed E-state index contributed by atoms with van der Waals surface area (Å²) in [5, 5.41) is 0.833. The SMILES string of the molecule is NC(=O)c1sc2c(c1N)=C(c1ccccc1)C[C@H](N1CCC(=O)CC1)N=2. The molecule has 0 aliphatic carbocycles. The number of amides is 1. The fourth-order valence-electron chi connectivity index (χ4n) is 3.65. The zero-order chi connectivity index (χ0) is 18.3. The van der Waals surface area contributed by atoms with Gasteiger partial charge in [-0.1, -0.05) is 30.3 Å².